The number of methoxy groups -OCH3 is 1. The van der Waals surface area contributed by atoms with Crippen LogP contribution in [0.25, 0.3) is 0 Å². The minimum atomic E-state index is -0.488. The Balaban J connectivity index is 3.29. The van der Waals surface area contributed by atoms with Crippen LogP contribution in [0.5, 0.6) is 0 Å². The van der Waals surface area contributed by atoms with Crippen LogP contribution in [0.4, 0.5) is 0 Å². The lowest BCUT2D eigenvalue weighted by Crippen LogP contribution is -2.29. The molecular formula is C11H23NO3S. The summed E-state index contributed by atoms with van der Waals surface area (Å²) in [5.74, 6) is 1.60. The Labute approximate surface area is 102 Å². The Bertz CT molecular complexity index is 179. The number of carbonyl (C=O) groups is 1. The van der Waals surface area contributed by atoms with E-state index in [2.05, 4.69) is 12.2 Å². The van der Waals surface area contributed by atoms with Gasteiger partial charge in [0.05, 0.1) is 18.5 Å². The van der Waals surface area contributed by atoms with Gasteiger partial charge in [-0.05, 0) is 18.6 Å². The molecule has 0 aliphatic carbocycles. The molecule has 16 heavy (non-hydrogen) atoms. The van der Waals surface area contributed by atoms with E-state index in [9.17, 15) is 9.90 Å². The fourth-order valence-electron chi connectivity index (χ4n) is 1.12. The van der Waals surface area contributed by atoms with Crippen molar-refractivity contribution in [2.45, 2.75) is 32.3 Å². The van der Waals surface area contributed by atoms with Crippen molar-refractivity contribution in [3.63, 3.8) is 0 Å². The lowest BCUT2D eigenvalue weighted by atomic mass is 10.3. The maximum Gasteiger partial charge on any atom is 0.229 e. The van der Waals surface area contributed by atoms with Gasteiger partial charge in [-0.1, -0.05) is 13.3 Å². The molecule has 0 aliphatic rings. The van der Waals surface area contributed by atoms with Gasteiger partial charge in [-0.25, -0.2) is 0 Å². The van der Waals surface area contributed by atoms with Crippen molar-refractivity contribution in [1.29, 1.82) is 0 Å². The second-order valence-corrected chi connectivity index (χ2v) is 4.76. The van der Waals surface area contributed by atoms with Gasteiger partial charge in [-0.15, -0.1) is 0 Å². The minimum Gasteiger partial charge on any atom is -0.391 e. The Hall–Kier alpha value is -0.260. The quantitative estimate of drug-likeness (QED) is 0.568. The molecule has 0 bridgehead atoms. The van der Waals surface area contributed by atoms with Crippen molar-refractivity contribution in [3.05, 3.63) is 0 Å². The largest absolute Gasteiger partial charge is 0.391 e. The maximum absolute atomic E-state index is 11.3. The summed E-state index contributed by atoms with van der Waals surface area (Å²) in [5, 5.41) is 12.1. The van der Waals surface area contributed by atoms with Gasteiger partial charge in [-0.2, -0.15) is 11.8 Å². The molecule has 96 valence electrons. The third kappa shape index (κ3) is 10.3. The fraction of sp³-hybridized carbons (Fsp3) is 0.909. The van der Waals surface area contributed by atoms with Gasteiger partial charge in [0.15, 0.2) is 0 Å². The molecule has 1 unspecified atom stereocenters. The van der Waals surface area contributed by atoms with Gasteiger partial charge < -0.3 is 15.2 Å². The van der Waals surface area contributed by atoms with E-state index in [1.54, 1.807) is 18.9 Å². The first-order valence-electron chi connectivity index (χ1n) is 5.72. The molecule has 0 saturated heterocycles. The SMILES string of the molecule is CCCCSCC(=O)NCCC(O)COC. The predicted molar refractivity (Wildman–Crippen MR) is 67.7 cm³/mol. The average molecular weight is 249 g/mol. The third-order valence-electron chi connectivity index (χ3n) is 2.03. The van der Waals surface area contributed by atoms with Crippen LogP contribution in [0.1, 0.15) is 26.2 Å². The van der Waals surface area contributed by atoms with Crippen molar-refractivity contribution in [2.24, 2.45) is 0 Å². The summed E-state index contributed by atoms with van der Waals surface area (Å²) in [6.45, 7) is 2.97. The first-order chi connectivity index (χ1) is 7.70. The van der Waals surface area contributed by atoms with Gasteiger partial charge in [0.1, 0.15) is 0 Å². The summed E-state index contributed by atoms with van der Waals surface area (Å²) in [6, 6.07) is 0. The molecule has 4 nitrogen and oxygen atoms in total. The van der Waals surface area contributed by atoms with Crippen molar-refractivity contribution >= 4 is 17.7 Å². The molecule has 2 N–H and O–H groups in total. The van der Waals surface area contributed by atoms with Crippen LogP contribution in [0.3, 0.4) is 0 Å². The van der Waals surface area contributed by atoms with Crippen LogP contribution in [0.2, 0.25) is 0 Å². The summed E-state index contributed by atoms with van der Waals surface area (Å²) in [5.41, 5.74) is 0. The molecule has 0 heterocycles. The molecule has 1 atom stereocenters. The zero-order chi connectivity index (χ0) is 12.2. The molecule has 0 aromatic heterocycles. The first kappa shape index (κ1) is 15.7. The summed E-state index contributed by atoms with van der Waals surface area (Å²) in [7, 11) is 1.55. The van der Waals surface area contributed by atoms with Crippen LogP contribution in [0.15, 0.2) is 0 Å². The van der Waals surface area contributed by atoms with E-state index >= 15 is 0 Å². The summed E-state index contributed by atoms with van der Waals surface area (Å²) in [6.07, 6.45) is 2.37. The van der Waals surface area contributed by atoms with Crippen LogP contribution in [0, 0.1) is 0 Å². The molecular weight excluding hydrogens is 226 g/mol. The highest BCUT2D eigenvalue weighted by atomic mass is 32.2. The van der Waals surface area contributed by atoms with E-state index in [0.717, 1.165) is 18.6 Å². The van der Waals surface area contributed by atoms with Gasteiger partial charge in [0, 0.05) is 13.7 Å². The predicted octanol–water partition coefficient (Wildman–Crippen LogP) is 1.03. The number of carbonyl (C=O) groups excluding carboxylic acids is 1. The third-order valence-corrected chi connectivity index (χ3v) is 3.08. The van der Waals surface area contributed by atoms with Crippen LogP contribution in [-0.4, -0.2) is 48.9 Å². The van der Waals surface area contributed by atoms with Crippen molar-refractivity contribution in [3.8, 4) is 0 Å². The first-order valence-corrected chi connectivity index (χ1v) is 6.87. The van der Waals surface area contributed by atoms with E-state index in [-0.39, 0.29) is 5.91 Å². The highest BCUT2D eigenvalue weighted by Crippen LogP contribution is 2.03. The number of amides is 1. The zero-order valence-electron chi connectivity index (χ0n) is 10.2. The highest BCUT2D eigenvalue weighted by molar-refractivity contribution is 7.99. The number of hydrogen-bond donors (Lipinski definition) is 2. The van der Waals surface area contributed by atoms with Crippen molar-refractivity contribution in [2.75, 3.05) is 31.8 Å². The van der Waals surface area contributed by atoms with Crippen LogP contribution in [-0.2, 0) is 9.53 Å². The number of unbranched alkanes of at least 4 members (excludes halogenated alkanes) is 1. The Morgan fingerprint density at radius 2 is 2.31 bits per heavy atom. The van der Waals surface area contributed by atoms with Crippen molar-refractivity contribution < 1.29 is 14.6 Å². The Morgan fingerprint density at radius 1 is 1.56 bits per heavy atom. The lowest BCUT2D eigenvalue weighted by Gasteiger charge is -2.09. The number of nitrogens with one attached hydrogen (secondary N) is 1. The van der Waals surface area contributed by atoms with E-state index in [4.69, 9.17) is 4.74 Å². The summed E-state index contributed by atoms with van der Waals surface area (Å²) >= 11 is 1.66. The number of aliphatic hydroxyl groups is 1. The van der Waals surface area contributed by atoms with E-state index in [1.165, 1.54) is 0 Å². The number of thioether (sulfide) groups is 1. The lowest BCUT2D eigenvalue weighted by molar-refractivity contribution is -0.118. The Morgan fingerprint density at radius 3 is 2.94 bits per heavy atom. The monoisotopic (exact) mass is 249 g/mol. The van der Waals surface area contributed by atoms with Gasteiger partial charge in [0.2, 0.25) is 5.91 Å². The summed E-state index contributed by atoms with van der Waals surface area (Å²) < 4.78 is 4.79. The molecule has 5 heteroatoms. The zero-order valence-corrected chi connectivity index (χ0v) is 11.0. The molecule has 0 aliphatic heterocycles. The number of rotatable bonds is 10. The average Bonchev–Trinajstić information content (AvgIpc) is 2.25. The molecule has 0 aromatic carbocycles. The standard InChI is InChI=1S/C11H23NO3S/c1-3-4-7-16-9-11(14)12-6-5-10(13)8-15-2/h10,13H,3-9H2,1-2H3,(H,12,14). The van der Waals surface area contributed by atoms with E-state index in [0.29, 0.717) is 25.3 Å². The smallest absolute Gasteiger partial charge is 0.229 e. The minimum absolute atomic E-state index is 0.0470. The molecule has 0 radical (unpaired) electrons. The number of hydrogen-bond acceptors (Lipinski definition) is 4. The van der Waals surface area contributed by atoms with E-state index < -0.39 is 6.10 Å². The highest BCUT2D eigenvalue weighted by Gasteiger charge is 2.05. The molecule has 0 spiro atoms. The second kappa shape index (κ2) is 11.2. The molecule has 0 saturated carbocycles. The van der Waals surface area contributed by atoms with Crippen LogP contribution < -0.4 is 5.32 Å². The van der Waals surface area contributed by atoms with Crippen molar-refractivity contribution in [1.82, 2.24) is 5.32 Å². The fourth-order valence-corrected chi connectivity index (χ4v) is 2.04. The Kier molecular flexibility index (Phi) is 11.0. The molecule has 0 fully saturated rings. The van der Waals surface area contributed by atoms with Crippen LogP contribution >= 0.6 is 11.8 Å². The maximum atomic E-state index is 11.3. The normalized spacial score (nSPS) is 12.4. The topological polar surface area (TPSA) is 58.6 Å². The number of ether oxygens (including phenoxy) is 1. The summed E-state index contributed by atoms with van der Waals surface area (Å²) in [4.78, 5) is 11.3. The molecule has 0 rings (SSSR count). The van der Waals surface area contributed by atoms with Gasteiger partial charge >= 0.3 is 0 Å². The van der Waals surface area contributed by atoms with E-state index in [1.807, 2.05) is 0 Å². The van der Waals surface area contributed by atoms with Gasteiger partial charge in [-0.3, -0.25) is 4.79 Å². The van der Waals surface area contributed by atoms with Gasteiger partial charge in [0.25, 0.3) is 0 Å². The molecule has 0 aromatic rings. The number of aliphatic hydroxyl groups excluding tert-OH is 1. The second-order valence-electron chi connectivity index (χ2n) is 3.65. The molecule has 1 amide bonds.